The molecule has 1 aliphatic carbocycles. The summed E-state index contributed by atoms with van der Waals surface area (Å²) in [4.78, 5) is 2.54. The minimum Gasteiger partial charge on any atom is -0.297 e. The summed E-state index contributed by atoms with van der Waals surface area (Å²) in [7, 11) is 2.28. The Kier molecular flexibility index (Phi) is 5.48. The van der Waals surface area contributed by atoms with Crippen molar-refractivity contribution in [3.05, 3.63) is 35.9 Å². The Morgan fingerprint density at radius 3 is 2.18 bits per heavy atom. The van der Waals surface area contributed by atoms with Gasteiger partial charge in [0.05, 0.1) is 0 Å². The topological polar surface area (TPSA) is 3.24 Å². The fourth-order valence-electron chi connectivity index (χ4n) is 3.08. The van der Waals surface area contributed by atoms with Gasteiger partial charge in [-0.1, -0.05) is 56.5 Å². The van der Waals surface area contributed by atoms with Crippen LogP contribution in [0, 0.1) is 0 Å². The van der Waals surface area contributed by atoms with Gasteiger partial charge in [0, 0.05) is 5.54 Å². The summed E-state index contributed by atoms with van der Waals surface area (Å²) in [6.45, 7) is 3.40. The summed E-state index contributed by atoms with van der Waals surface area (Å²) >= 11 is 0. The number of hydrogen-bond donors (Lipinski definition) is 0. The van der Waals surface area contributed by atoms with E-state index in [0.29, 0.717) is 5.54 Å². The summed E-state index contributed by atoms with van der Waals surface area (Å²) in [6, 6.07) is 11.1. The van der Waals surface area contributed by atoms with E-state index in [9.17, 15) is 0 Å². The standard InChI is InChI=1S/C15H23N.ClH/c1-3-16(2)15(12-8-5-9-13-15)14-10-6-4-7-11-14;/h4,6-7,10-11H,3,5,8-9,12-13H2,1-2H3;1H. The summed E-state index contributed by atoms with van der Waals surface area (Å²) < 4.78 is 0. The third-order valence-corrected chi connectivity index (χ3v) is 4.20. The van der Waals surface area contributed by atoms with Crippen LogP contribution in [0.2, 0.25) is 0 Å². The first-order valence-electron chi connectivity index (χ1n) is 6.56. The van der Waals surface area contributed by atoms with Gasteiger partial charge in [0.1, 0.15) is 0 Å². The molecule has 17 heavy (non-hydrogen) atoms. The third kappa shape index (κ3) is 2.83. The van der Waals surface area contributed by atoms with E-state index in [1.54, 1.807) is 0 Å². The SMILES string of the molecule is CCN(C)C1(c2ccccc2)CCCCC1.Cl. The zero-order chi connectivity index (χ0) is 11.4. The molecule has 1 fully saturated rings. The normalized spacial score (nSPS) is 18.8. The molecule has 0 aromatic heterocycles. The van der Waals surface area contributed by atoms with Crippen molar-refractivity contribution in [1.29, 1.82) is 0 Å². The maximum atomic E-state index is 2.54. The Labute approximate surface area is 112 Å². The van der Waals surface area contributed by atoms with Gasteiger partial charge in [-0.2, -0.15) is 0 Å². The molecule has 96 valence electrons. The quantitative estimate of drug-likeness (QED) is 0.780. The Morgan fingerprint density at radius 2 is 1.65 bits per heavy atom. The van der Waals surface area contributed by atoms with Crippen LogP contribution in [0.15, 0.2) is 30.3 Å². The van der Waals surface area contributed by atoms with Gasteiger partial charge in [-0.15, -0.1) is 12.4 Å². The van der Waals surface area contributed by atoms with Gasteiger partial charge in [0.15, 0.2) is 0 Å². The lowest BCUT2D eigenvalue weighted by molar-refractivity contribution is 0.0779. The first kappa shape index (κ1) is 14.5. The highest BCUT2D eigenvalue weighted by atomic mass is 35.5. The fourth-order valence-corrected chi connectivity index (χ4v) is 3.08. The molecular formula is C15H24ClN. The molecule has 0 heterocycles. The van der Waals surface area contributed by atoms with Gasteiger partial charge in [0.2, 0.25) is 0 Å². The van der Waals surface area contributed by atoms with Gasteiger partial charge in [-0.3, -0.25) is 4.90 Å². The molecule has 0 radical (unpaired) electrons. The number of hydrogen-bond acceptors (Lipinski definition) is 1. The van der Waals surface area contributed by atoms with Gasteiger partial charge in [-0.25, -0.2) is 0 Å². The molecular weight excluding hydrogens is 230 g/mol. The predicted molar refractivity (Wildman–Crippen MR) is 76.8 cm³/mol. The van der Waals surface area contributed by atoms with Crippen molar-refractivity contribution >= 4 is 12.4 Å². The van der Waals surface area contributed by atoms with Crippen LogP contribution in [-0.4, -0.2) is 18.5 Å². The van der Waals surface area contributed by atoms with Crippen LogP contribution in [0.1, 0.15) is 44.6 Å². The van der Waals surface area contributed by atoms with Crippen molar-refractivity contribution in [3.63, 3.8) is 0 Å². The van der Waals surface area contributed by atoms with Crippen molar-refractivity contribution in [2.24, 2.45) is 0 Å². The zero-order valence-corrected chi connectivity index (χ0v) is 11.8. The molecule has 0 amide bonds. The summed E-state index contributed by atoms with van der Waals surface area (Å²) in [5.74, 6) is 0. The lowest BCUT2D eigenvalue weighted by Gasteiger charge is -2.45. The van der Waals surface area contributed by atoms with Gasteiger partial charge < -0.3 is 0 Å². The van der Waals surface area contributed by atoms with Crippen molar-refractivity contribution < 1.29 is 0 Å². The van der Waals surface area contributed by atoms with Crippen LogP contribution >= 0.6 is 12.4 Å². The lowest BCUT2D eigenvalue weighted by Crippen LogP contribution is -2.45. The lowest BCUT2D eigenvalue weighted by atomic mass is 9.75. The molecule has 0 bridgehead atoms. The maximum Gasteiger partial charge on any atom is 0.0457 e. The largest absolute Gasteiger partial charge is 0.297 e. The molecule has 1 aromatic carbocycles. The molecule has 1 aromatic rings. The van der Waals surface area contributed by atoms with Gasteiger partial charge >= 0.3 is 0 Å². The zero-order valence-electron chi connectivity index (χ0n) is 11.0. The summed E-state index contributed by atoms with van der Waals surface area (Å²) in [5, 5.41) is 0. The molecule has 0 aliphatic heterocycles. The van der Waals surface area contributed by atoms with Crippen molar-refractivity contribution in [1.82, 2.24) is 4.90 Å². The number of halogens is 1. The van der Waals surface area contributed by atoms with E-state index in [2.05, 4.69) is 49.2 Å². The Morgan fingerprint density at radius 1 is 1.06 bits per heavy atom. The number of rotatable bonds is 3. The van der Waals surface area contributed by atoms with Crippen LogP contribution in [-0.2, 0) is 5.54 Å². The van der Waals surface area contributed by atoms with E-state index < -0.39 is 0 Å². The van der Waals surface area contributed by atoms with Crippen LogP contribution in [0.4, 0.5) is 0 Å². The fraction of sp³-hybridized carbons (Fsp3) is 0.600. The van der Waals surface area contributed by atoms with Gasteiger partial charge in [-0.05, 0) is 32.0 Å². The number of benzene rings is 1. The minimum atomic E-state index is 0. The van der Waals surface area contributed by atoms with E-state index >= 15 is 0 Å². The highest BCUT2D eigenvalue weighted by molar-refractivity contribution is 5.85. The van der Waals surface area contributed by atoms with Crippen molar-refractivity contribution in [3.8, 4) is 0 Å². The molecule has 0 atom stereocenters. The second-order valence-corrected chi connectivity index (χ2v) is 4.97. The average molecular weight is 254 g/mol. The summed E-state index contributed by atoms with van der Waals surface area (Å²) in [5.41, 5.74) is 1.83. The molecule has 0 saturated heterocycles. The van der Waals surface area contributed by atoms with Crippen LogP contribution < -0.4 is 0 Å². The molecule has 0 N–H and O–H groups in total. The van der Waals surface area contributed by atoms with Crippen molar-refractivity contribution in [2.75, 3.05) is 13.6 Å². The minimum absolute atomic E-state index is 0. The second kappa shape index (κ2) is 6.42. The molecule has 1 nitrogen and oxygen atoms in total. The van der Waals surface area contributed by atoms with E-state index in [1.165, 1.54) is 37.7 Å². The molecule has 0 spiro atoms. The van der Waals surface area contributed by atoms with Crippen molar-refractivity contribution in [2.45, 2.75) is 44.6 Å². The molecule has 2 heteroatoms. The molecule has 1 saturated carbocycles. The van der Waals surface area contributed by atoms with Crippen LogP contribution in [0.3, 0.4) is 0 Å². The molecule has 1 aliphatic rings. The maximum absolute atomic E-state index is 2.54. The van der Waals surface area contributed by atoms with Gasteiger partial charge in [0.25, 0.3) is 0 Å². The van der Waals surface area contributed by atoms with Crippen LogP contribution in [0.5, 0.6) is 0 Å². The third-order valence-electron chi connectivity index (χ3n) is 4.20. The van der Waals surface area contributed by atoms with E-state index in [1.807, 2.05) is 0 Å². The Hall–Kier alpha value is -0.530. The second-order valence-electron chi connectivity index (χ2n) is 4.97. The summed E-state index contributed by atoms with van der Waals surface area (Å²) in [6.07, 6.45) is 6.80. The Balaban J connectivity index is 0.00000144. The molecule has 2 rings (SSSR count). The van der Waals surface area contributed by atoms with Crippen LogP contribution in [0.25, 0.3) is 0 Å². The smallest absolute Gasteiger partial charge is 0.0457 e. The molecule has 0 unspecified atom stereocenters. The van der Waals surface area contributed by atoms with E-state index in [4.69, 9.17) is 0 Å². The first-order chi connectivity index (χ1) is 7.79. The Bertz CT molecular complexity index is 317. The average Bonchev–Trinajstić information content (AvgIpc) is 2.39. The highest BCUT2D eigenvalue weighted by Crippen LogP contribution is 2.41. The predicted octanol–water partition coefficient (Wildman–Crippen LogP) is 4.22. The highest BCUT2D eigenvalue weighted by Gasteiger charge is 2.36. The first-order valence-corrected chi connectivity index (χ1v) is 6.56. The van der Waals surface area contributed by atoms with E-state index in [-0.39, 0.29) is 12.4 Å². The monoisotopic (exact) mass is 253 g/mol. The van der Waals surface area contributed by atoms with E-state index in [0.717, 1.165) is 6.54 Å². The number of nitrogens with zero attached hydrogens (tertiary/aromatic N) is 1.